The summed E-state index contributed by atoms with van der Waals surface area (Å²) in [5.74, 6) is 0. The molecular formula is C22H21N3O2. The van der Waals surface area contributed by atoms with Gasteiger partial charge in [0.05, 0.1) is 17.4 Å². The summed E-state index contributed by atoms with van der Waals surface area (Å²) in [6.07, 6.45) is 1.17. The average Bonchev–Trinajstić information content (AvgIpc) is 2.73. The van der Waals surface area contributed by atoms with Crippen molar-refractivity contribution in [1.82, 2.24) is 0 Å². The van der Waals surface area contributed by atoms with Crippen LogP contribution in [0.2, 0.25) is 0 Å². The molecular weight excluding hydrogens is 338 g/mol. The molecule has 27 heavy (non-hydrogen) atoms. The van der Waals surface area contributed by atoms with Gasteiger partial charge >= 0.3 is 0 Å². The van der Waals surface area contributed by atoms with E-state index in [0.29, 0.717) is 30.0 Å². The fourth-order valence-corrected chi connectivity index (χ4v) is 2.94. The maximum atomic E-state index is 11.5. The Morgan fingerprint density at radius 1 is 0.852 bits per heavy atom. The molecule has 0 radical (unpaired) electrons. The molecule has 0 aliphatic heterocycles. The van der Waals surface area contributed by atoms with E-state index in [1.54, 1.807) is 6.07 Å². The number of nitrogens with one attached hydrogen (secondary N) is 2. The van der Waals surface area contributed by atoms with E-state index in [-0.39, 0.29) is 6.04 Å². The van der Waals surface area contributed by atoms with Gasteiger partial charge in [-0.25, -0.2) is 0 Å². The molecule has 3 aromatic rings. The second-order valence-corrected chi connectivity index (χ2v) is 6.14. The van der Waals surface area contributed by atoms with Gasteiger partial charge in [-0.2, -0.15) is 0 Å². The summed E-state index contributed by atoms with van der Waals surface area (Å²) in [6, 6.07) is 24.8. The van der Waals surface area contributed by atoms with Crippen LogP contribution in [-0.4, -0.2) is 6.29 Å². The third-order valence-corrected chi connectivity index (χ3v) is 4.32. The number of aldehydes is 1. The van der Waals surface area contributed by atoms with Gasteiger partial charge in [0.15, 0.2) is 5.69 Å². The van der Waals surface area contributed by atoms with Crippen molar-refractivity contribution in [2.45, 2.75) is 19.0 Å². The predicted octanol–water partition coefficient (Wildman–Crippen LogP) is 5.44. The number of nitroso groups, excluding NO2 is 1. The Labute approximate surface area is 158 Å². The van der Waals surface area contributed by atoms with Gasteiger partial charge in [-0.3, -0.25) is 0 Å². The molecule has 0 saturated carbocycles. The second kappa shape index (κ2) is 9.29. The van der Waals surface area contributed by atoms with E-state index in [0.717, 1.165) is 17.4 Å². The van der Waals surface area contributed by atoms with Crippen molar-refractivity contribution in [2.24, 2.45) is 5.18 Å². The van der Waals surface area contributed by atoms with E-state index >= 15 is 0 Å². The van der Waals surface area contributed by atoms with Gasteiger partial charge in [0, 0.05) is 13.0 Å². The molecule has 0 amide bonds. The molecule has 2 N–H and O–H groups in total. The highest BCUT2D eigenvalue weighted by Crippen LogP contribution is 2.36. The predicted molar refractivity (Wildman–Crippen MR) is 109 cm³/mol. The van der Waals surface area contributed by atoms with Crippen molar-refractivity contribution in [1.29, 1.82) is 0 Å². The lowest BCUT2D eigenvalue weighted by Crippen LogP contribution is -2.12. The van der Waals surface area contributed by atoms with Crippen molar-refractivity contribution in [2.75, 3.05) is 10.6 Å². The minimum absolute atomic E-state index is 0.228. The van der Waals surface area contributed by atoms with Gasteiger partial charge in [0.1, 0.15) is 6.29 Å². The molecule has 5 heteroatoms. The molecule has 0 heterocycles. The smallest absolute Gasteiger partial charge is 0.154 e. The zero-order valence-corrected chi connectivity index (χ0v) is 14.8. The van der Waals surface area contributed by atoms with E-state index in [4.69, 9.17) is 0 Å². The molecule has 0 aliphatic rings. The first-order valence-corrected chi connectivity index (χ1v) is 8.81. The Morgan fingerprint density at radius 3 is 2.19 bits per heavy atom. The molecule has 3 rings (SSSR count). The fourth-order valence-electron chi connectivity index (χ4n) is 2.94. The maximum absolute atomic E-state index is 11.5. The topological polar surface area (TPSA) is 70.6 Å². The van der Waals surface area contributed by atoms with Gasteiger partial charge in [-0.05, 0) is 28.4 Å². The normalized spacial score (nSPS) is 11.4. The lowest BCUT2D eigenvalue weighted by molar-refractivity contribution is -0.108. The van der Waals surface area contributed by atoms with Crippen LogP contribution >= 0.6 is 0 Å². The number of carbonyl (C=O) groups is 1. The number of rotatable bonds is 9. The summed E-state index contributed by atoms with van der Waals surface area (Å²) >= 11 is 0. The quantitative estimate of drug-likeness (QED) is 0.394. The van der Waals surface area contributed by atoms with Crippen LogP contribution in [0.4, 0.5) is 17.1 Å². The van der Waals surface area contributed by atoms with Crippen LogP contribution in [0.3, 0.4) is 0 Å². The van der Waals surface area contributed by atoms with Gasteiger partial charge in [0.2, 0.25) is 0 Å². The molecule has 0 bridgehead atoms. The highest BCUT2D eigenvalue weighted by Gasteiger charge is 2.15. The van der Waals surface area contributed by atoms with Crippen molar-refractivity contribution < 1.29 is 4.79 Å². The minimum Gasteiger partial charge on any atom is -0.379 e. The van der Waals surface area contributed by atoms with Crippen LogP contribution in [0.25, 0.3) is 0 Å². The maximum Gasteiger partial charge on any atom is 0.154 e. The summed E-state index contributed by atoms with van der Waals surface area (Å²) in [6.45, 7) is 0.587. The van der Waals surface area contributed by atoms with Crippen molar-refractivity contribution in [3.05, 3.63) is 94.9 Å². The SMILES string of the molecule is O=CCC(Nc1cccc(NCc2ccccc2)c1N=O)c1ccccc1. The van der Waals surface area contributed by atoms with Crippen LogP contribution in [-0.2, 0) is 11.3 Å². The molecule has 0 aliphatic carbocycles. The van der Waals surface area contributed by atoms with Crippen LogP contribution in [0.15, 0.2) is 84.0 Å². The van der Waals surface area contributed by atoms with Gasteiger partial charge in [-0.15, -0.1) is 4.91 Å². The Kier molecular flexibility index (Phi) is 6.30. The standard InChI is InChI=1S/C22H21N3O2/c26-15-14-19(18-10-5-2-6-11-18)24-21-13-7-12-20(22(21)25-27)23-16-17-8-3-1-4-9-17/h1-13,15,19,23-24H,14,16H2. The van der Waals surface area contributed by atoms with Crippen LogP contribution < -0.4 is 10.6 Å². The van der Waals surface area contributed by atoms with Crippen molar-refractivity contribution >= 4 is 23.3 Å². The molecule has 0 saturated heterocycles. The number of hydrogen-bond donors (Lipinski definition) is 2. The first-order chi connectivity index (χ1) is 13.3. The highest BCUT2D eigenvalue weighted by molar-refractivity contribution is 5.80. The minimum atomic E-state index is -0.228. The van der Waals surface area contributed by atoms with Crippen molar-refractivity contribution in [3.63, 3.8) is 0 Å². The number of benzene rings is 3. The Balaban J connectivity index is 1.82. The van der Waals surface area contributed by atoms with Crippen LogP contribution in [0.1, 0.15) is 23.6 Å². The Morgan fingerprint density at radius 2 is 1.52 bits per heavy atom. The first kappa shape index (κ1) is 18.3. The summed E-state index contributed by atoms with van der Waals surface area (Å²) in [7, 11) is 0. The molecule has 1 atom stereocenters. The fraction of sp³-hybridized carbons (Fsp3) is 0.136. The summed E-state index contributed by atoms with van der Waals surface area (Å²) in [5.41, 5.74) is 3.63. The molecule has 136 valence electrons. The number of carbonyl (C=O) groups excluding carboxylic acids is 1. The summed E-state index contributed by atoms with van der Waals surface area (Å²) < 4.78 is 0. The molecule has 3 aromatic carbocycles. The number of anilines is 2. The van der Waals surface area contributed by atoms with Crippen LogP contribution in [0.5, 0.6) is 0 Å². The van der Waals surface area contributed by atoms with Crippen LogP contribution in [0, 0.1) is 4.91 Å². The lowest BCUT2D eigenvalue weighted by atomic mass is 10.0. The second-order valence-electron chi connectivity index (χ2n) is 6.14. The Hall–Kier alpha value is -3.47. The van der Waals surface area contributed by atoms with E-state index in [1.807, 2.05) is 72.8 Å². The first-order valence-electron chi connectivity index (χ1n) is 8.81. The molecule has 0 fully saturated rings. The molecule has 0 spiro atoms. The lowest BCUT2D eigenvalue weighted by Gasteiger charge is -2.20. The van der Waals surface area contributed by atoms with Crippen molar-refractivity contribution in [3.8, 4) is 0 Å². The van der Waals surface area contributed by atoms with Gasteiger partial charge < -0.3 is 15.4 Å². The van der Waals surface area contributed by atoms with E-state index in [9.17, 15) is 9.70 Å². The average molecular weight is 359 g/mol. The molecule has 0 aromatic heterocycles. The highest BCUT2D eigenvalue weighted by atomic mass is 16.3. The monoisotopic (exact) mass is 359 g/mol. The van der Waals surface area contributed by atoms with E-state index in [1.165, 1.54) is 0 Å². The zero-order chi connectivity index (χ0) is 18.9. The zero-order valence-electron chi connectivity index (χ0n) is 14.8. The van der Waals surface area contributed by atoms with E-state index < -0.39 is 0 Å². The Bertz CT molecular complexity index is 883. The molecule has 5 nitrogen and oxygen atoms in total. The largest absolute Gasteiger partial charge is 0.379 e. The number of nitrogens with zero attached hydrogens (tertiary/aromatic N) is 1. The third-order valence-electron chi connectivity index (χ3n) is 4.32. The van der Waals surface area contributed by atoms with Gasteiger partial charge in [-0.1, -0.05) is 66.7 Å². The third kappa shape index (κ3) is 4.79. The number of hydrogen-bond acceptors (Lipinski definition) is 5. The summed E-state index contributed by atoms with van der Waals surface area (Å²) in [4.78, 5) is 22.7. The summed E-state index contributed by atoms with van der Waals surface area (Å²) in [5, 5.41) is 9.78. The van der Waals surface area contributed by atoms with Gasteiger partial charge in [0.25, 0.3) is 0 Å². The van der Waals surface area contributed by atoms with E-state index in [2.05, 4.69) is 15.8 Å². The molecule has 1 unspecified atom stereocenters.